The van der Waals surface area contributed by atoms with Crippen LogP contribution in [-0.4, -0.2) is 46.5 Å². The Morgan fingerprint density at radius 2 is 2.05 bits per heavy atom. The zero-order chi connectivity index (χ0) is 15.3. The fourth-order valence-corrected chi connectivity index (χ4v) is 2.98. The van der Waals surface area contributed by atoms with Crippen molar-refractivity contribution < 1.29 is 17.9 Å². The first-order valence-electron chi connectivity index (χ1n) is 6.13. The number of benzene rings is 1. The van der Waals surface area contributed by atoms with Crippen LogP contribution >= 0.6 is 10.7 Å². The average Bonchev–Trinajstić information content (AvgIpc) is 2.42. The Morgan fingerprint density at radius 1 is 1.40 bits per heavy atom. The van der Waals surface area contributed by atoms with Gasteiger partial charge in [0.05, 0.1) is 11.5 Å². The van der Waals surface area contributed by atoms with E-state index >= 15 is 0 Å². The summed E-state index contributed by atoms with van der Waals surface area (Å²) in [6.45, 7) is 2.66. The van der Waals surface area contributed by atoms with Gasteiger partial charge >= 0.3 is 0 Å². The van der Waals surface area contributed by atoms with Crippen molar-refractivity contribution in [2.45, 2.75) is 18.2 Å². The lowest BCUT2D eigenvalue weighted by Crippen LogP contribution is -2.30. The summed E-state index contributed by atoms with van der Waals surface area (Å²) in [4.78, 5) is 13.6. The molecule has 0 N–H and O–H groups in total. The lowest BCUT2D eigenvalue weighted by molar-refractivity contribution is 0.0744. The van der Waals surface area contributed by atoms with Gasteiger partial charge in [-0.25, -0.2) is 8.42 Å². The molecule has 0 unspecified atom stereocenters. The normalized spacial score (nSPS) is 11.4. The largest absolute Gasteiger partial charge is 0.383 e. The van der Waals surface area contributed by atoms with E-state index in [0.717, 1.165) is 0 Å². The van der Waals surface area contributed by atoms with Gasteiger partial charge in [-0.1, -0.05) is 13.0 Å². The monoisotopic (exact) mass is 319 g/mol. The molecule has 112 valence electrons. The second-order valence-corrected chi connectivity index (χ2v) is 6.87. The van der Waals surface area contributed by atoms with Crippen molar-refractivity contribution in [3.05, 3.63) is 29.3 Å². The van der Waals surface area contributed by atoms with Crippen LogP contribution in [0.4, 0.5) is 0 Å². The minimum atomic E-state index is -3.87. The molecule has 0 spiro atoms. The number of hydrogen-bond acceptors (Lipinski definition) is 4. The predicted molar refractivity (Wildman–Crippen MR) is 77.7 cm³/mol. The van der Waals surface area contributed by atoms with E-state index in [1.807, 2.05) is 6.92 Å². The molecule has 0 aliphatic carbocycles. The third kappa shape index (κ3) is 4.19. The summed E-state index contributed by atoms with van der Waals surface area (Å²) in [5, 5.41) is 0. The molecular formula is C13H18ClNO4S. The maximum absolute atomic E-state index is 12.2. The molecule has 1 aromatic rings. The molecule has 0 radical (unpaired) electrons. The van der Waals surface area contributed by atoms with Crippen LogP contribution in [0.5, 0.6) is 0 Å². The molecule has 7 heteroatoms. The number of amides is 1. The summed E-state index contributed by atoms with van der Waals surface area (Å²) in [7, 11) is 4.72. The summed E-state index contributed by atoms with van der Waals surface area (Å²) in [6, 6.07) is 4.55. The molecule has 20 heavy (non-hydrogen) atoms. The van der Waals surface area contributed by atoms with E-state index < -0.39 is 9.05 Å². The van der Waals surface area contributed by atoms with Crippen LogP contribution in [-0.2, 0) is 20.2 Å². The highest BCUT2D eigenvalue weighted by atomic mass is 35.7. The SMILES string of the molecule is CCc1ccc(C(=O)N(C)CCOC)cc1S(=O)(=O)Cl. The molecule has 0 saturated carbocycles. The highest BCUT2D eigenvalue weighted by molar-refractivity contribution is 8.13. The minimum Gasteiger partial charge on any atom is -0.383 e. The number of methoxy groups -OCH3 is 1. The second-order valence-electron chi connectivity index (χ2n) is 4.33. The highest BCUT2D eigenvalue weighted by Crippen LogP contribution is 2.22. The molecular weight excluding hydrogens is 302 g/mol. The topological polar surface area (TPSA) is 63.7 Å². The number of ether oxygens (including phenoxy) is 1. The Morgan fingerprint density at radius 3 is 2.55 bits per heavy atom. The van der Waals surface area contributed by atoms with E-state index in [0.29, 0.717) is 30.7 Å². The van der Waals surface area contributed by atoms with Crippen molar-refractivity contribution in [2.24, 2.45) is 0 Å². The van der Waals surface area contributed by atoms with Gasteiger partial charge in [-0.15, -0.1) is 0 Å². The predicted octanol–water partition coefficient (Wildman–Crippen LogP) is 1.89. The summed E-state index contributed by atoms with van der Waals surface area (Å²) in [5.74, 6) is -0.272. The first-order chi connectivity index (χ1) is 9.31. The maximum atomic E-state index is 12.2. The summed E-state index contributed by atoms with van der Waals surface area (Å²) in [6.07, 6.45) is 0.523. The Labute approximate surface area is 123 Å². The van der Waals surface area contributed by atoms with Gasteiger partial charge < -0.3 is 9.64 Å². The van der Waals surface area contributed by atoms with Gasteiger partial charge in [-0.05, 0) is 24.1 Å². The number of rotatable bonds is 6. The zero-order valence-corrected chi connectivity index (χ0v) is 13.3. The summed E-state index contributed by atoms with van der Waals surface area (Å²) in [5.41, 5.74) is 0.885. The van der Waals surface area contributed by atoms with Crippen LogP contribution in [0.2, 0.25) is 0 Å². The average molecular weight is 320 g/mol. The maximum Gasteiger partial charge on any atom is 0.261 e. The molecule has 0 aromatic heterocycles. The smallest absolute Gasteiger partial charge is 0.261 e. The molecule has 0 atom stereocenters. The van der Waals surface area contributed by atoms with Gasteiger partial charge in [0.2, 0.25) is 0 Å². The van der Waals surface area contributed by atoms with Gasteiger partial charge in [-0.3, -0.25) is 4.79 Å². The highest BCUT2D eigenvalue weighted by Gasteiger charge is 2.19. The lowest BCUT2D eigenvalue weighted by atomic mass is 10.1. The number of hydrogen-bond donors (Lipinski definition) is 0. The van der Waals surface area contributed by atoms with Crippen LogP contribution in [0.25, 0.3) is 0 Å². The van der Waals surface area contributed by atoms with Crippen LogP contribution < -0.4 is 0 Å². The number of likely N-dealkylation sites (N-methyl/N-ethyl adjacent to an activating group) is 1. The molecule has 0 fully saturated rings. The molecule has 0 saturated heterocycles. The van der Waals surface area contributed by atoms with Gasteiger partial charge in [0.1, 0.15) is 0 Å². The first-order valence-corrected chi connectivity index (χ1v) is 8.44. The van der Waals surface area contributed by atoms with Gasteiger partial charge in [0.25, 0.3) is 15.0 Å². The molecule has 5 nitrogen and oxygen atoms in total. The van der Waals surface area contributed by atoms with Crippen LogP contribution in [0.3, 0.4) is 0 Å². The molecule has 0 heterocycles. The second kappa shape index (κ2) is 7.06. The van der Waals surface area contributed by atoms with Crippen molar-refractivity contribution in [2.75, 3.05) is 27.3 Å². The molecule has 0 aliphatic rings. The number of carbonyl (C=O) groups is 1. The standard InChI is InChI=1S/C13H18ClNO4S/c1-4-10-5-6-11(9-12(10)20(14,17)18)13(16)15(2)7-8-19-3/h5-6,9H,4,7-8H2,1-3H3. The Balaban J connectivity index is 3.12. The van der Waals surface area contributed by atoms with E-state index in [-0.39, 0.29) is 10.8 Å². The zero-order valence-electron chi connectivity index (χ0n) is 11.7. The third-order valence-corrected chi connectivity index (χ3v) is 4.34. The molecule has 1 amide bonds. The van der Waals surface area contributed by atoms with E-state index in [4.69, 9.17) is 15.4 Å². The van der Waals surface area contributed by atoms with Crippen molar-refractivity contribution in [3.8, 4) is 0 Å². The van der Waals surface area contributed by atoms with Crippen LogP contribution in [0.1, 0.15) is 22.8 Å². The Hall–Kier alpha value is -1.11. The fourth-order valence-electron chi connectivity index (χ4n) is 1.76. The van der Waals surface area contributed by atoms with Gasteiger partial charge in [0, 0.05) is 36.9 Å². The van der Waals surface area contributed by atoms with E-state index in [9.17, 15) is 13.2 Å². The van der Waals surface area contributed by atoms with Crippen molar-refractivity contribution in [3.63, 3.8) is 0 Å². The molecule has 1 aromatic carbocycles. The fraction of sp³-hybridized carbons (Fsp3) is 0.462. The molecule has 0 bridgehead atoms. The Bertz CT molecular complexity index is 586. The molecule has 0 aliphatic heterocycles. The van der Waals surface area contributed by atoms with E-state index in [1.54, 1.807) is 26.3 Å². The summed E-state index contributed by atoms with van der Waals surface area (Å²) < 4.78 is 28.0. The number of halogens is 1. The van der Waals surface area contributed by atoms with E-state index in [2.05, 4.69) is 0 Å². The Kier molecular flexibility index (Phi) is 5.98. The van der Waals surface area contributed by atoms with Crippen LogP contribution in [0.15, 0.2) is 23.1 Å². The quantitative estimate of drug-likeness (QED) is 0.751. The lowest BCUT2D eigenvalue weighted by Gasteiger charge is -2.17. The number of nitrogens with zero attached hydrogens (tertiary/aromatic N) is 1. The van der Waals surface area contributed by atoms with E-state index in [1.165, 1.54) is 11.0 Å². The van der Waals surface area contributed by atoms with Crippen molar-refractivity contribution in [1.82, 2.24) is 4.90 Å². The van der Waals surface area contributed by atoms with Gasteiger partial charge in [-0.2, -0.15) is 0 Å². The van der Waals surface area contributed by atoms with Crippen molar-refractivity contribution in [1.29, 1.82) is 0 Å². The van der Waals surface area contributed by atoms with Crippen LogP contribution in [0, 0.1) is 0 Å². The minimum absolute atomic E-state index is 0.00680. The first kappa shape index (κ1) is 16.9. The van der Waals surface area contributed by atoms with Crippen molar-refractivity contribution >= 4 is 25.6 Å². The third-order valence-electron chi connectivity index (χ3n) is 2.94. The number of carbonyl (C=O) groups excluding carboxylic acids is 1. The molecule has 1 rings (SSSR count). The van der Waals surface area contributed by atoms with Gasteiger partial charge in [0.15, 0.2) is 0 Å². The number of aryl methyl sites for hydroxylation is 1. The summed E-state index contributed by atoms with van der Waals surface area (Å²) >= 11 is 0.